The average Bonchev–Trinajstić information content (AvgIpc) is 2.30. The van der Waals surface area contributed by atoms with Crippen LogP contribution in [0.4, 0.5) is 5.82 Å². The van der Waals surface area contributed by atoms with Gasteiger partial charge in [-0.1, -0.05) is 0 Å². The second-order valence-corrected chi connectivity index (χ2v) is 3.95. The lowest BCUT2D eigenvalue weighted by Crippen LogP contribution is -2.36. The summed E-state index contributed by atoms with van der Waals surface area (Å²) in [6.07, 6.45) is 1.77. The quantitative estimate of drug-likeness (QED) is 0.824. The Balaban J connectivity index is 2.09. The zero-order valence-corrected chi connectivity index (χ0v) is 9.81. The lowest BCUT2D eigenvalue weighted by atomic mass is 10.2. The Morgan fingerprint density at radius 1 is 1.62 bits per heavy atom. The van der Waals surface area contributed by atoms with E-state index in [1.807, 2.05) is 13.0 Å². The van der Waals surface area contributed by atoms with Crippen LogP contribution >= 0.6 is 0 Å². The molecular weight excluding hydrogens is 204 g/mol. The standard InChI is InChI=1S/C11H18N4O/c1-3-12-10-4-5-13-11(14-10)9-8-15(2)6-7-16-9/h4-5,9H,3,6-8H2,1-2H3,(H,12,13,14). The molecule has 1 aromatic heterocycles. The third kappa shape index (κ3) is 2.68. The fourth-order valence-electron chi connectivity index (χ4n) is 1.74. The molecule has 0 saturated carbocycles. The minimum Gasteiger partial charge on any atom is -0.370 e. The summed E-state index contributed by atoms with van der Waals surface area (Å²) in [6, 6.07) is 1.87. The smallest absolute Gasteiger partial charge is 0.160 e. The first kappa shape index (κ1) is 11.3. The van der Waals surface area contributed by atoms with Gasteiger partial charge in [0.05, 0.1) is 6.61 Å². The molecule has 0 aliphatic carbocycles. The first-order chi connectivity index (χ1) is 7.79. The normalized spacial score (nSPS) is 22.0. The number of anilines is 1. The minimum absolute atomic E-state index is 0.00245. The molecule has 1 fully saturated rings. The minimum atomic E-state index is -0.00245. The Bertz CT molecular complexity index is 345. The van der Waals surface area contributed by atoms with E-state index in [4.69, 9.17) is 4.74 Å². The van der Waals surface area contributed by atoms with Crippen molar-refractivity contribution in [2.24, 2.45) is 0 Å². The third-order valence-corrected chi connectivity index (χ3v) is 2.59. The van der Waals surface area contributed by atoms with Gasteiger partial charge >= 0.3 is 0 Å². The predicted molar refractivity (Wildman–Crippen MR) is 62.4 cm³/mol. The van der Waals surface area contributed by atoms with Gasteiger partial charge in [0.15, 0.2) is 5.82 Å². The molecule has 1 saturated heterocycles. The molecule has 88 valence electrons. The Kier molecular flexibility index (Phi) is 3.69. The second kappa shape index (κ2) is 5.23. The summed E-state index contributed by atoms with van der Waals surface area (Å²) in [5.74, 6) is 1.63. The lowest BCUT2D eigenvalue weighted by molar-refractivity contribution is -0.0254. The number of morpholine rings is 1. The maximum atomic E-state index is 5.67. The third-order valence-electron chi connectivity index (χ3n) is 2.59. The first-order valence-corrected chi connectivity index (χ1v) is 5.66. The molecule has 0 bridgehead atoms. The summed E-state index contributed by atoms with van der Waals surface area (Å²) in [6.45, 7) is 5.49. The zero-order chi connectivity index (χ0) is 11.4. The van der Waals surface area contributed by atoms with Crippen molar-refractivity contribution < 1.29 is 4.74 Å². The molecule has 1 aliphatic rings. The summed E-state index contributed by atoms with van der Waals surface area (Å²) in [7, 11) is 2.09. The van der Waals surface area contributed by atoms with Crippen LogP contribution in [0.15, 0.2) is 12.3 Å². The van der Waals surface area contributed by atoms with E-state index in [1.165, 1.54) is 0 Å². The molecule has 5 heteroatoms. The predicted octanol–water partition coefficient (Wildman–Crippen LogP) is 0.911. The highest BCUT2D eigenvalue weighted by molar-refractivity contribution is 5.32. The molecule has 1 N–H and O–H groups in total. The molecule has 0 radical (unpaired) electrons. The Morgan fingerprint density at radius 3 is 3.25 bits per heavy atom. The second-order valence-electron chi connectivity index (χ2n) is 3.95. The highest BCUT2D eigenvalue weighted by Crippen LogP contribution is 2.18. The van der Waals surface area contributed by atoms with Gasteiger partial charge in [-0.25, -0.2) is 9.97 Å². The number of aromatic nitrogens is 2. The maximum absolute atomic E-state index is 5.67. The summed E-state index contributed by atoms with van der Waals surface area (Å²) in [5, 5.41) is 3.18. The Morgan fingerprint density at radius 2 is 2.50 bits per heavy atom. The SMILES string of the molecule is CCNc1ccnc(C2CN(C)CCO2)n1. The fourth-order valence-corrected chi connectivity index (χ4v) is 1.74. The molecule has 0 amide bonds. The number of hydrogen-bond donors (Lipinski definition) is 1. The van der Waals surface area contributed by atoms with Gasteiger partial charge in [0.2, 0.25) is 0 Å². The van der Waals surface area contributed by atoms with Crippen molar-refractivity contribution in [3.05, 3.63) is 18.1 Å². The van der Waals surface area contributed by atoms with Crippen LogP contribution in [-0.4, -0.2) is 48.2 Å². The van der Waals surface area contributed by atoms with Crippen LogP contribution in [-0.2, 0) is 4.74 Å². The van der Waals surface area contributed by atoms with E-state index in [1.54, 1.807) is 6.20 Å². The number of rotatable bonds is 3. The van der Waals surface area contributed by atoms with Crippen molar-refractivity contribution in [2.45, 2.75) is 13.0 Å². The number of nitrogens with zero attached hydrogens (tertiary/aromatic N) is 3. The molecule has 1 atom stereocenters. The molecule has 0 spiro atoms. The lowest BCUT2D eigenvalue weighted by Gasteiger charge is -2.29. The van der Waals surface area contributed by atoms with E-state index in [0.29, 0.717) is 0 Å². The van der Waals surface area contributed by atoms with Crippen LogP contribution in [0.25, 0.3) is 0 Å². The van der Waals surface area contributed by atoms with Crippen LogP contribution in [0.1, 0.15) is 18.9 Å². The molecule has 1 aromatic rings. The van der Waals surface area contributed by atoms with Gasteiger partial charge in [-0.3, -0.25) is 0 Å². The number of ether oxygens (including phenoxy) is 1. The van der Waals surface area contributed by atoms with Crippen molar-refractivity contribution in [3.63, 3.8) is 0 Å². The van der Waals surface area contributed by atoms with E-state index in [9.17, 15) is 0 Å². The molecule has 1 aliphatic heterocycles. The molecule has 2 heterocycles. The maximum Gasteiger partial charge on any atom is 0.160 e. The van der Waals surface area contributed by atoms with Crippen LogP contribution in [0.5, 0.6) is 0 Å². The summed E-state index contributed by atoms with van der Waals surface area (Å²) in [5.41, 5.74) is 0. The molecule has 5 nitrogen and oxygen atoms in total. The Labute approximate surface area is 95.8 Å². The molecular formula is C11H18N4O. The van der Waals surface area contributed by atoms with Gasteiger partial charge in [-0.05, 0) is 20.0 Å². The van der Waals surface area contributed by atoms with Gasteiger partial charge < -0.3 is 15.0 Å². The van der Waals surface area contributed by atoms with Gasteiger partial charge in [0.1, 0.15) is 11.9 Å². The number of likely N-dealkylation sites (N-methyl/N-ethyl adjacent to an activating group) is 1. The van der Waals surface area contributed by atoms with Crippen LogP contribution < -0.4 is 5.32 Å². The van der Waals surface area contributed by atoms with E-state index in [0.717, 1.165) is 37.9 Å². The molecule has 2 rings (SSSR count). The van der Waals surface area contributed by atoms with E-state index in [2.05, 4.69) is 27.2 Å². The molecule has 16 heavy (non-hydrogen) atoms. The van der Waals surface area contributed by atoms with Crippen LogP contribution in [0, 0.1) is 0 Å². The van der Waals surface area contributed by atoms with Gasteiger partial charge in [0, 0.05) is 25.8 Å². The van der Waals surface area contributed by atoms with E-state index in [-0.39, 0.29) is 6.10 Å². The molecule has 0 aromatic carbocycles. The Hall–Kier alpha value is -1.20. The van der Waals surface area contributed by atoms with Gasteiger partial charge in [0.25, 0.3) is 0 Å². The van der Waals surface area contributed by atoms with Crippen molar-refractivity contribution in [3.8, 4) is 0 Å². The van der Waals surface area contributed by atoms with Crippen LogP contribution in [0.3, 0.4) is 0 Å². The average molecular weight is 222 g/mol. The first-order valence-electron chi connectivity index (χ1n) is 5.66. The number of nitrogens with one attached hydrogen (secondary N) is 1. The molecule has 1 unspecified atom stereocenters. The van der Waals surface area contributed by atoms with Crippen molar-refractivity contribution in [1.29, 1.82) is 0 Å². The summed E-state index contributed by atoms with van der Waals surface area (Å²) in [4.78, 5) is 11.0. The van der Waals surface area contributed by atoms with Crippen molar-refractivity contribution in [2.75, 3.05) is 38.6 Å². The van der Waals surface area contributed by atoms with E-state index < -0.39 is 0 Å². The van der Waals surface area contributed by atoms with Crippen LogP contribution in [0.2, 0.25) is 0 Å². The fraction of sp³-hybridized carbons (Fsp3) is 0.636. The monoisotopic (exact) mass is 222 g/mol. The van der Waals surface area contributed by atoms with Crippen molar-refractivity contribution >= 4 is 5.82 Å². The summed E-state index contributed by atoms with van der Waals surface area (Å²) < 4.78 is 5.67. The largest absolute Gasteiger partial charge is 0.370 e. The number of hydrogen-bond acceptors (Lipinski definition) is 5. The van der Waals surface area contributed by atoms with Gasteiger partial charge in [-0.2, -0.15) is 0 Å². The highest BCUT2D eigenvalue weighted by Gasteiger charge is 2.21. The van der Waals surface area contributed by atoms with E-state index >= 15 is 0 Å². The highest BCUT2D eigenvalue weighted by atomic mass is 16.5. The topological polar surface area (TPSA) is 50.3 Å². The summed E-state index contributed by atoms with van der Waals surface area (Å²) >= 11 is 0. The van der Waals surface area contributed by atoms with Crippen molar-refractivity contribution in [1.82, 2.24) is 14.9 Å². The van der Waals surface area contributed by atoms with Gasteiger partial charge in [-0.15, -0.1) is 0 Å². The zero-order valence-electron chi connectivity index (χ0n) is 9.81.